The number of nitrogens with zero attached hydrogens (tertiary/aromatic N) is 1. The molecule has 0 bridgehead atoms. The average molecular weight is 246 g/mol. The van der Waals surface area contributed by atoms with Crippen LogP contribution in [0.3, 0.4) is 0 Å². The lowest BCUT2D eigenvalue weighted by molar-refractivity contribution is -0.123. The number of hydrogen-bond acceptors (Lipinski definition) is 3. The van der Waals surface area contributed by atoms with Gasteiger partial charge >= 0.3 is 0 Å². The van der Waals surface area contributed by atoms with E-state index < -0.39 is 10.0 Å². The average Bonchev–Trinajstić information content (AvgIpc) is 2.99. The predicted octanol–water partition coefficient (Wildman–Crippen LogP) is -0.0634. The number of rotatable bonds is 3. The first-order valence-electron chi connectivity index (χ1n) is 5.72. The minimum absolute atomic E-state index is 0.00317. The highest BCUT2D eigenvalue weighted by Gasteiger charge is 2.33. The van der Waals surface area contributed by atoms with Crippen LogP contribution in [0.15, 0.2) is 0 Å². The fraction of sp³-hybridized carbons (Fsp3) is 0.900. The lowest BCUT2D eigenvalue weighted by Crippen LogP contribution is -2.49. The van der Waals surface area contributed by atoms with Crippen molar-refractivity contribution in [2.45, 2.75) is 31.7 Å². The molecule has 92 valence electrons. The molecule has 5 nitrogen and oxygen atoms in total. The van der Waals surface area contributed by atoms with Crippen molar-refractivity contribution in [3.63, 3.8) is 0 Å². The van der Waals surface area contributed by atoms with E-state index in [2.05, 4.69) is 5.32 Å². The lowest BCUT2D eigenvalue weighted by Gasteiger charge is -2.31. The van der Waals surface area contributed by atoms with Gasteiger partial charge in [0.15, 0.2) is 0 Å². The van der Waals surface area contributed by atoms with Crippen LogP contribution in [-0.2, 0) is 14.8 Å². The van der Waals surface area contributed by atoms with Crippen LogP contribution in [0.2, 0.25) is 0 Å². The van der Waals surface area contributed by atoms with E-state index in [1.165, 1.54) is 10.6 Å². The van der Waals surface area contributed by atoms with Gasteiger partial charge in [-0.2, -0.15) is 0 Å². The molecule has 1 aliphatic carbocycles. The Bertz CT molecular complexity index is 376. The third-order valence-electron chi connectivity index (χ3n) is 3.15. The molecule has 1 unspecified atom stereocenters. The van der Waals surface area contributed by atoms with Gasteiger partial charge in [0, 0.05) is 25.0 Å². The molecule has 0 radical (unpaired) electrons. The van der Waals surface area contributed by atoms with E-state index in [1.54, 1.807) is 0 Å². The van der Waals surface area contributed by atoms with Crippen LogP contribution in [0.25, 0.3) is 0 Å². The van der Waals surface area contributed by atoms with E-state index in [0.29, 0.717) is 13.1 Å². The monoisotopic (exact) mass is 246 g/mol. The third kappa shape index (κ3) is 2.95. The van der Waals surface area contributed by atoms with Crippen LogP contribution in [0.1, 0.15) is 25.7 Å². The summed E-state index contributed by atoms with van der Waals surface area (Å²) in [5.74, 6) is 0.286. The molecule has 16 heavy (non-hydrogen) atoms. The number of sulfonamides is 1. The molecule has 0 aromatic carbocycles. The first kappa shape index (κ1) is 11.9. The molecular formula is C10H18N2O3S. The zero-order chi connectivity index (χ0) is 11.8. The lowest BCUT2D eigenvalue weighted by atomic mass is 10.1. The van der Waals surface area contributed by atoms with Crippen LogP contribution in [0.4, 0.5) is 0 Å². The van der Waals surface area contributed by atoms with Crippen molar-refractivity contribution in [3.05, 3.63) is 0 Å². The summed E-state index contributed by atoms with van der Waals surface area (Å²) >= 11 is 0. The summed E-state index contributed by atoms with van der Waals surface area (Å²) in [4.78, 5) is 11.6. The fourth-order valence-corrected chi connectivity index (χ4v) is 2.94. The second-order valence-corrected chi connectivity index (χ2v) is 6.73. The number of hydrogen-bond donors (Lipinski definition) is 1. The Morgan fingerprint density at radius 1 is 1.31 bits per heavy atom. The first-order chi connectivity index (χ1) is 7.47. The second kappa shape index (κ2) is 4.33. The highest BCUT2D eigenvalue weighted by Crippen LogP contribution is 2.29. The molecule has 1 N–H and O–H groups in total. The van der Waals surface area contributed by atoms with Gasteiger partial charge in [0.2, 0.25) is 15.9 Å². The molecule has 2 aliphatic rings. The highest BCUT2D eigenvalue weighted by atomic mass is 32.2. The van der Waals surface area contributed by atoms with Crippen LogP contribution in [0.5, 0.6) is 0 Å². The van der Waals surface area contributed by atoms with E-state index in [4.69, 9.17) is 0 Å². The maximum atomic E-state index is 11.6. The molecule has 2 rings (SSSR count). The van der Waals surface area contributed by atoms with Crippen molar-refractivity contribution < 1.29 is 13.2 Å². The summed E-state index contributed by atoms with van der Waals surface area (Å²) < 4.78 is 24.2. The van der Waals surface area contributed by atoms with E-state index in [0.717, 1.165) is 25.7 Å². The van der Waals surface area contributed by atoms with Crippen molar-refractivity contribution in [1.29, 1.82) is 0 Å². The van der Waals surface area contributed by atoms with Crippen LogP contribution >= 0.6 is 0 Å². The molecule has 1 amide bonds. The van der Waals surface area contributed by atoms with Gasteiger partial charge in [0.05, 0.1) is 6.26 Å². The first-order valence-corrected chi connectivity index (χ1v) is 7.57. The van der Waals surface area contributed by atoms with Gasteiger partial charge in [-0.05, 0) is 25.7 Å². The zero-order valence-electron chi connectivity index (χ0n) is 9.48. The standard InChI is InChI=1S/C10H18N2O3S/c1-16(14,15)12-6-2-3-9(7-12)11-10(13)8-4-5-8/h8-9H,2-7H2,1H3,(H,11,13). The van der Waals surface area contributed by atoms with Gasteiger partial charge in [-0.25, -0.2) is 12.7 Å². The summed E-state index contributed by atoms with van der Waals surface area (Å²) in [6.45, 7) is 1.01. The molecule has 6 heteroatoms. The quantitative estimate of drug-likeness (QED) is 0.758. The second-order valence-electron chi connectivity index (χ2n) is 4.74. The zero-order valence-corrected chi connectivity index (χ0v) is 10.3. The number of nitrogens with one attached hydrogen (secondary N) is 1. The Hall–Kier alpha value is -0.620. The molecule has 0 aromatic rings. The van der Waals surface area contributed by atoms with Crippen molar-refractivity contribution in [1.82, 2.24) is 9.62 Å². The predicted molar refractivity (Wildman–Crippen MR) is 60.3 cm³/mol. The molecule has 2 fully saturated rings. The molecule has 1 saturated carbocycles. The van der Waals surface area contributed by atoms with Gasteiger partial charge in [0.1, 0.15) is 0 Å². The normalized spacial score (nSPS) is 27.7. The Morgan fingerprint density at radius 3 is 2.56 bits per heavy atom. The molecule has 1 aliphatic heterocycles. The summed E-state index contributed by atoms with van der Waals surface area (Å²) in [5.41, 5.74) is 0. The number of piperidine rings is 1. The fourth-order valence-electron chi connectivity index (χ4n) is 2.03. The van der Waals surface area contributed by atoms with E-state index in [1.807, 2.05) is 0 Å². The van der Waals surface area contributed by atoms with Crippen LogP contribution < -0.4 is 5.32 Å². The third-order valence-corrected chi connectivity index (χ3v) is 4.42. The van der Waals surface area contributed by atoms with Crippen molar-refractivity contribution in [3.8, 4) is 0 Å². The summed E-state index contributed by atoms with van der Waals surface area (Å²) in [5, 5.41) is 2.94. The number of carbonyl (C=O) groups excluding carboxylic acids is 1. The molecule has 1 atom stereocenters. The summed E-state index contributed by atoms with van der Waals surface area (Å²) in [7, 11) is -3.12. The van der Waals surface area contributed by atoms with Crippen LogP contribution in [-0.4, -0.2) is 44.0 Å². The molecule has 0 aromatic heterocycles. The van der Waals surface area contributed by atoms with Gasteiger partial charge in [-0.3, -0.25) is 4.79 Å². The van der Waals surface area contributed by atoms with Crippen molar-refractivity contribution in [2.75, 3.05) is 19.3 Å². The SMILES string of the molecule is CS(=O)(=O)N1CCCC(NC(=O)C2CC2)C1. The minimum Gasteiger partial charge on any atom is -0.352 e. The Morgan fingerprint density at radius 2 is 2.00 bits per heavy atom. The number of carbonyl (C=O) groups is 1. The molecule has 0 spiro atoms. The van der Waals surface area contributed by atoms with Gasteiger partial charge in [-0.1, -0.05) is 0 Å². The Kier molecular flexibility index (Phi) is 3.21. The van der Waals surface area contributed by atoms with E-state index >= 15 is 0 Å². The maximum absolute atomic E-state index is 11.6. The highest BCUT2D eigenvalue weighted by molar-refractivity contribution is 7.88. The van der Waals surface area contributed by atoms with E-state index in [9.17, 15) is 13.2 Å². The topological polar surface area (TPSA) is 66.5 Å². The smallest absolute Gasteiger partial charge is 0.223 e. The Balaban J connectivity index is 1.88. The van der Waals surface area contributed by atoms with Crippen molar-refractivity contribution in [2.24, 2.45) is 5.92 Å². The molecule has 1 saturated heterocycles. The van der Waals surface area contributed by atoms with Gasteiger partial charge < -0.3 is 5.32 Å². The Labute approximate surface area is 96.2 Å². The van der Waals surface area contributed by atoms with Gasteiger partial charge in [-0.15, -0.1) is 0 Å². The molecular weight excluding hydrogens is 228 g/mol. The van der Waals surface area contributed by atoms with E-state index in [-0.39, 0.29) is 17.9 Å². The summed E-state index contributed by atoms with van der Waals surface area (Å²) in [6.07, 6.45) is 4.88. The van der Waals surface area contributed by atoms with Gasteiger partial charge in [0.25, 0.3) is 0 Å². The van der Waals surface area contributed by atoms with Crippen molar-refractivity contribution >= 4 is 15.9 Å². The largest absolute Gasteiger partial charge is 0.352 e. The minimum atomic E-state index is -3.12. The summed E-state index contributed by atoms with van der Waals surface area (Å²) in [6, 6.07) is -0.00317. The molecule has 1 heterocycles. The number of amides is 1. The maximum Gasteiger partial charge on any atom is 0.223 e. The van der Waals surface area contributed by atoms with Crippen LogP contribution in [0, 0.1) is 5.92 Å².